The average Bonchev–Trinajstić information content (AvgIpc) is 3.73. The Morgan fingerprint density at radius 3 is 2.45 bits per heavy atom. The van der Waals surface area contributed by atoms with Gasteiger partial charge in [-0.3, -0.25) is 14.5 Å². The van der Waals surface area contributed by atoms with E-state index in [1.165, 1.54) is 5.56 Å². The Labute approximate surface area is 241 Å². The summed E-state index contributed by atoms with van der Waals surface area (Å²) < 4.78 is 0. The molecule has 3 heterocycles. The number of carbonyl (C=O) groups is 2. The minimum absolute atomic E-state index is 0.0169. The van der Waals surface area contributed by atoms with Crippen LogP contribution < -0.4 is 4.90 Å². The molecule has 40 heavy (non-hydrogen) atoms. The third-order valence-electron chi connectivity index (χ3n) is 8.65. The molecular weight excluding hydrogens is 522 g/mol. The summed E-state index contributed by atoms with van der Waals surface area (Å²) in [5.41, 5.74) is 4.34. The zero-order valence-electron chi connectivity index (χ0n) is 23.2. The van der Waals surface area contributed by atoms with Crippen LogP contribution in [-0.2, 0) is 17.9 Å². The van der Waals surface area contributed by atoms with E-state index in [-0.39, 0.29) is 17.9 Å². The van der Waals surface area contributed by atoms with Crippen LogP contribution in [0.3, 0.4) is 0 Å². The second-order valence-electron chi connectivity index (χ2n) is 11.5. The summed E-state index contributed by atoms with van der Waals surface area (Å²) in [5.74, 6) is 1.24. The lowest BCUT2D eigenvalue weighted by molar-refractivity contribution is -0.116. The van der Waals surface area contributed by atoms with E-state index < -0.39 is 0 Å². The Kier molecular flexibility index (Phi) is 7.60. The van der Waals surface area contributed by atoms with Crippen LogP contribution in [0.1, 0.15) is 77.9 Å². The summed E-state index contributed by atoms with van der Waals surface area (Å²) >= 11 is 6.17. The summed E-state index contributed by atoms with van der Waals surface area (Å²) in [6, 6.07) is 16.5. The molecule has 2 aliphatic heterocycles. The lowest BCUT2D eigenvalue weighted by Gasteiger charge is -2.34. The van der Waals surface area contributed by atoms with Gasteiger partial charge < -0.3 is 9.80 Å². The maximum absolute atomic E-state index is 14.2. The number of aromatic nitrogens is 2. The highest BCUT2D eigenvalue weighted by Gasteiger charge is 2.37. The van der Waals surface area contributed by atoms with Crippen molar-refractivity contribution in [3.63, 3.8) is 0 Å². The highest BCUT2D eigenvalue weighted by molar-refractivity contribution is 6.30. The number of hydrogen-bond acceptors (Lipinski definition) is 5. The van der Waals surface area contributed by atoms with Gasteiger partial charge in [0.05, 0.1) is 11.3 Å². The van der Waals surface area contributed by atoms with Crippen molar-refractivity contribution in [3.05, 3.63) is 88.0 Å². The fourth-order valence-corrected chi connectivity index (χ4v) is 6.42. The van der Waals surface area contributed by atoms with Crippen LogP contribution in [0, 0.1) is 6.92 Å². The maximum atomic E-state index is 14.2. The van der Waals surface area contributed by atoms with Gasteiger partial charge in [-0.05, 0) is 68.4 Å². The fraction of sp³-hybridized carbons (Fsp3) is 0.438. The van der Waals surface area contributed by atoms with Crippen LogP contribution in [0.25, 0.3) is 0 Å². The summed E-state index contributed by atoms with van der Waals surface area (Å²) in [4.78, 5) is 42.8. The Morgan fingerprint density at radius 2 is 1.73 bits per heavy atom. The maximum Gasteiger partial charge on any atom is 0.257 e. The van der Waals surface area contributed by atoms with E-state index in [9.17, 15) is 9.59 Å². The van der Waals surface area contributed by atoms with Gasteiger partial charge >= 0.3 is 0 Å². The molecule has 2 amide bonds. The van der Waals surface area contributed by atoms with Crippen molar-refractivity contribution in [1.29, 1.82) is 0 Å². The van der Waals surface area contributed by atoms with E-state index in [0.29, 0.717) is 37.2 Å². The smallest absolute Gasteiger partial charge is 0.257 e. The number of carbonyl (C=O) groups excluding carboxylic acids is 2. The summed E-state index contributed by atoms with van der Waals surface area (Å²) in [6.45, 7) is 5.98. The van der Waals surface area contributed by atoms with Crippen molar-refractivity contribution in [2.24, 2.45) is 0 Å². The molecule has 0 N–H and O–H groups in total. The molecule has 208 valence electrons. The van der Waals surface area contributed by atoms with E-state index in [0.717, 1.165) is 66.4 Å². The minimum Gasteiger partial charge on any atom is -0.333 e. The average molecular weight is 558 g/mol. The summed E-state index contributed by atoms with van der Waals surface area (Å²) in [5, 5.41) is 0.723. The lowest BCUT2D eigenvalue weighted by Crippen LogP contribution is -2.45. The SMILES string of the molecule is CC(=O)N1CC[C@H]2CC[C@@H](CN(C(=O)c3cnc(C4CC4)nc3C)Cc3ccccc31)N2Cc1ccc(Cl)cc1. The Bertz CT molecular complexity index is 1410. The highest BCUT2D eigenvalue weighted by atomic mass is 35.5. The third-order valence-corrected chi connectivity index (χ3v) is 8.90. The molecule has 1 aliphatic carbocycles. The molecule has 3 aromatic rings. The molecule has 7 nitrogen and oxygen atoms in total. The number of anilines is 1. The van der Waals surface area contributed by atoms with Gasteiger partial charge in [0.15, 0.2) is 0 Å². The quantitative estimate of drug-likeness (QED) is 0.409. The predicted molar refractivity (Wildman–Crippen MR) is 156 cm³/mol. The molecule has 2 bridgehead atoms. The Balaban J connectivity index is 1.37. The van der Waals surface area contributed by atoms with Crippen molar-refractivity contribution in [3.8, 4) is 0 Å². The van der Waals surface area contributed by atoms with Crippen LogP contribution in [0.4, 0.5) is 5.69 Å². The van der Waals surface area contributed by atoms with Gasteiger partial charge in [-0.15, -0.1) is 0 Å². The lowest BCUT2D eigenvalue weighted by atomic mass is 10.1. The van der Waals surface area contributed by atoms with Crippen molar-refractivity contribution in [2.75, 3.05) is 18.0 Å². The topological polar surface area (TPSA) is 69.6 Å². The number of amides is 2. The number of benzene rings is 2. The van der Waals surface area contributed by atoms with Crippen LogP contribution >= 0.6 is 11.6 Å². The first-order valence-electron chi connectivity index (χ1n) is 14.4. The molecular formula is C32H36ClN5O2. The Hall–Kier alpha value is -3.29. The molecule has 1 aromatic heterocycles. The molecule has 3 aliphatic rings. The van der Waals surface area contributed by atoms with Crippen molar-refractivity contribution in [2.45, 2.75) is 77.0 Å². The first-order chi connectivity index (χ1) is 19.4. The van der Waals surface area contributed by atoms with Gasteiger partial charge in [-0.1, -0.05) is 41.9 Å². The van der Waals surface area contributed by atoms with E-state index >= 15 is 0 Å². The molecule has 0 radical (unpaired) electrons. The number of aryl methyl sites for hydroxylation is 1. The van der Waals surface area contributed by atoms with Gasteiger partial charge in [0.25, 0.3) is 5.91 Å². The standard InChI is InChI=1S/C32H36ClN5O2/c1-21-29(17-34-31(35-21)24-9-10-24)32(40)36-19-25-5-3-4-6-30(25)37(22(2)39)16-15-27-13-14-28(20-36)38(27)18-23-7-11-26(33)12-8-23/h3-8,11-12,17,24,27-28H,9-10,13-16,18-20H2,1-2H3/t27-,28+/m1/s1. The number of hydrogen-bond donors (Lipinski definition) is 0. The largest absolute Gasteiger partial charge is 0.333 e. The van der Waals surface area contributed by atoms with Crippen LogP contribution in [0.2, 0.25) is 5.02 Å². The Morgan fingerprint density at radius 1 is 0.975 bits per heavy atom. The van der Waals surface area contributed by atoms with E-state index in [1.54, 1.807) is 13.1 Å². The van der Waals surface area contributed by atoms with Crippen LogP contribution in [0.15, 0.2) is 54.7 Å². The second-order valence-corrected chi connectivity index (χ2v) is 11.9. The molecule has 8 heteroatoms. The fourth-order valence-electron chi connectivity index (χ4n) is 6.30. The number of para-hydroxylation sites is 1. The molecule has 2 aromatic carbocycles. The number of halogens is 1. The van der Waals surface area contributed by atoms with Gasteiger partial charge in [0.1, 0.15) is 5.82 Å². The molecule has 6 rings (SSSR count). The molecule has 0 spiro atoms. The molecule has 1 saturated heterocycles. The van der Waals surface area contributed by atoms with Gasteiger partial charge in [0.2, 0.25) is 5.91 Å². The summed E-state index contributed by atoms with van der Waals surface area (Å²) in [6.07, 6.45) is 6.87. The van der Waals surface area contributed by atoms with Gasteiger partial charge in [-0.25, -0.2) is 9.97 Å². The first-order valence-corrected chi connectivity index (χ1v) is 14.7. The molecule has 2 fully saturated rings. The van der Waals surface area contributed by atoms with E-state index in [1.807, 2.05) is 53.1 Å². The van der Waals surface area contributed by atoms with Crippen molar-refractivity contribution < 1.29 is 9.59 Å². The van der Waals surface area contributed by atoms with Gasteiger partial charge in [0, 0.05) is 68.0 Å². The van der Waals surface area contributed by atoms with E-state index in [2.05, 4.69) is 22.0 Å². The number of nitrogens with zero attached hydrogens (tertiary/aromatic N) is 5. The predicted octanol–water partition coefficient (Wildman–Crippen LogP) is 5.75. The first kappa shape index (κ1) is 26.9. The zero-order valence-corrected chi connectivity index (χ0v) is 24.0. The third kappa shape index (κ3) is 5.63. The molecule has 0 unspecified atom stereocenters. The second kappa shape index (κ2) is 11.3. The van der Waals surface area contributed by atoms with Crippen LogP contribution in [-0.4, -0.2) is 56.8 Å². The molecule has 1 saturated carbocycles. The van der Waals surface area contributed by atoms with Crippen LogP contribution in [0.5, 0.6) is 0 Å². The highest BCUT2D eigenvalue weighted by Crippen LogP contribution is 2.38. The normalized spacial score (nSPS) is 21.6. The summed E-state index contributed by atoms with van der Waals surface area (Å²) in [7, 11) is 0. The molecule has 2 atom stereocenters. The number of fused-ring (bicyclic) bond motifs is 3. The van der Waals surface area contributed by atoms with E-state index in [4.69, 9.17) is 16.6 Å². The van der Waals surface area contributed by atoms with Crippen molar-refractivity contribution >= 4 is 29.1 Å². The number of rotatable bonds is 4. The zero-order chi connectivity index (χ0) is 27.8. The van der Waals surface area contributed by atoms with Gasteiger partial charge in [-0.2, -0.15) is 0 Å². The minimum atomic E-state index is -0.0573. The van der Waals surface area contributed by atoms with Crippen molar-refractivity contribution in [1.82, 2.24) is 19.8 Å². The monoisotopic (exact) mass is 557 g/mol.